The molecule has 2 heterocycles. The number of nitrogens with one attached hydrogen (secondary N) is 2. The van der Waals surface area contributed by atoms with E-state index >= 15 is 0 Å². The SMILES string of the molecule is COc1cc(-c2ccc3c(c2)Nc2ccc(C(=O)N4CCCCC4CO)cc2NC3=O)ccc1O. The summed E-state index contributed by atoms with van der Waals surface area (Å²) >= 11 is 0. The van der Waals surface area contributed by atoms with Gasteiger partial charge in [-0.3, -0.25) is 9.59 Å². The van der Waals surface area contributed by atoms with Crippen LogP contribution in [0.25, 0.3) is 11.1 Å². The molecule has 1 saturated heterocycles. The van der Waals surface area contributed by atoms with Gasteiger partial charge in [0.25, 0.3) is 11.8 Å². The van der Waals surface area contributed by atoms with E-state index in [0.29, 0.717) is 40.5 Å². The molecule has 0 radical (unpaired) electrons. The Morgan fingerprint density at radius 1 is 1.00 bits per heavy atom. The number of hydrogen-bond donors (Lipinski definition) is 4. The van der Waals surface area contributed by atoms with Crippen molar-refractivity contribution in [3.63, 3.8) is 0 Å². The summed E-state index contributed by atoms with van der Waals surface area (Å²) in [4.78, 5) is 27.9. The lowest BCUT2D eigenvalue weighted by atomic mass is 10.0. The number of aliphatic hydroxyl groups is 1. The first kappa shape index (κ1) is 22.7. The number of benzene rings is 3. The Morgan fingerprint density at radius 2 is 1.80 bits per heavy atom. The van der Waals surface area contributed by atoms with Crippen LogP contribution < -0.4 is 15.4 Å². The molecular weight excluding hydrogens is 446 g/mol. The normalized spacial score (nSPS) is 16.9. The summed E-state index contributed by atoms with van der Waals surface area (Å²) in [7, 11) is 1.49. The Hall–Kier alpha value is -4.04. The van der Waals surface area contributed by atoms with Gasteiger partial charge in [0.05, 0.1) is 42.4 Å². The Labute approximate surface area is 203 Å². The van der Waals surface area contributed by atoms with Crippen molar-refractivity contribution in [2.24, 2.45) is 0 Å². The molecule has 8 heteroatoms. The third-order valence-corrected chi connectivity index (χ3v) is 6.66. The van der Waals surface area contributed by atoms with Gasteiger partial charge in [-0.1, -0.05) is 12.1 Å². The number of methoxy groups -OCH3 is 1. The minimum atomic E-state index is -0.281. The number of aromatic hydroxyl groups is 1. The molecule has 5 rings (SSSR count). The maximum atomic E-state index is 13.2. The average Bonchev–Trinajstić information content (AvgIpc) is 3.03. The van der Waals surface area contributed by atoms with Gasteiger partial charge in [0.15, 0.2) is 11.5 Å². The van der Waals surface area contributed by atoms with Crippen LogP contribution in [0.2, 0.25) is 0 Å². The number of carbonyl (C=O) groups is 2. The second-order valence-electron chi connectivity index (χ2n) is 8.82. The quantitative estimate of drug-likeness (QED) is 0.448. The summed E-state index contributed by atoms with van der Waals surface area (Å²) in [6.07, 6.45) is 2.70. The number of hydrogen-bond acceptors (Lipinski definition) is 6. The van der Waals surface area contributed by atoms with Crippen LogP contribution in [-0.4, -0.2) is 53.2 Å². The average molecular weight is 474 g/mol. The molecule has 0 aromatic heterocycles. The van der Waals surface area contributed by atoms with Crippen LogP contribution in [-0.2, 0) is 0 Å². The molecule has 0 bridgehead atoms. The number of rotatable bonds is 4. The van der Waals surface area contributed by atoms with E-state index in [4.69, 9.17) is 4.74 Å². The first-order valence-corrected chi connectivity index (χ1v) is 11.6. The molecule has 4 N–H and O–H groups in total. The second-order valence-corrected chi connectivity index (χ2v) is 8.82. The fraction of sp³-hybridized carbons (Fsp3) is 0.259. The maximum absolute atomic E-state index is 13.2. The Bertz CT molecular complexity index is 1310. The number of carbonyl (C=O) groups excluding carboxylic acids is 2. The number of amides is 2. The monoisotopic (exact) mass is 473 g/mol. The van der Waals surface area contributed by atoms with E-state index in [1.807, 2.05) is 12.1 Å². The molecule has 1 atom stereocenters. The number of nitrogens with zero attached hydrogens (tertiary/aromatic N) is 1. The summed E-state index contributed by atoms with van der Waals surface area (Å²) in [6.45, 7) is 0.557. The third-order valence-electron chi connectivity index (χ3n) is 6.66. The molecule has 35 heavy (non-hydrogen) atoms. The van der Waals surface area contributed by atoms with Gasteiger partial charge in [-0.25, -0.2) is 0 Å². The number of fused-ring (bicyclic) bond motifs is 2. The molecule has 2 aliphatic rings. The molecule has 1 fully saturated rings. The van der Waals surface area contributed by atoms with Gasteiger partial charge >= 0.3 is 0 Å². The van der Waals surface area contributed by atoms with E-state index in [9.17, 15) is 19.8 Å². The minimum absolute atomic E-state index is 0.0534. The standard InChI is InChI=1S/C27H27N3O5/c1-35-25-14-17(7-10-24(25)32)16-5-8-20-22(12-16)28-21-9-6-18(13-23(21)29-26(20)33)27(34)30-11-3-2-4-19(30)15-31/h5-10,12-14,19,28,31-32H,2-4,11,15H2,1H3,(H,29,33). The van der Waals surface area contributed by atoms with E-state index < -0.39 is 0 Å². The largest absolute Gasteiger partial charge is 0.504 e. The summed E-state index contributed by atoms with van der Waals surface area (Å²) in [5.41, 5.74) is 4.43. The Kier molecular flexibility index (Phi) is 6.05. The van der Waals surface area contributed by atoms with Crippen molar-refractivity contribution in [3.8, 4) is 22.6 Å². The van der Waals surface area contributed by atoms with Gasteiger partial charge in [-0.05, 0) is 72.9 Å². The van der Waals surface area contributed by atoms with Crippen LogP contribution in [0.3, 0.4) is 0 Å². The second kappa shape index (κ2) is 9.31. The van der Waals surface area contributed by atoms with E-state index in [2.05, 4.69) is 10.6 Å². The highest BCUT2D eigenvalue weighted by Gasteiger charge is 2.28. The van der Waals surface area contributed by atoms with Crippen molar-refractivity contribution < 1.29 is 24.5 Å². The van der Waals surface area contributed by atoms with Crippen molar-refractivity contribution in [1.29, 1.82) is 0 Å². The molecule has 0 saturated carbocycles. The van der Waals surface area contributed by atoms with E-state index in [-0.39, 0.29) is 30.2 Å². The lowest BCUT2D eigenvalue weighted by Crippen LogP contribution is -2.45. The van der Waals surface area contributed by atoms with Gasteiger partial charge < -0.3 is 30.5 Å². The number of phenols is 1. The van der Waals surface area contributed by atoms with Crippen molar-refractivity contribution in [1.82, 2.24) is 4.90 Å². The summed E-state index contributed by atoms with van der Waals surface area (Å²) < 4.78 is 5.22. The molecule has 2 amide bonds. The lowest BCUT2D eigenvalue weighted by Gasteiger charge is -2.34. The number of anilines is 3. The van der Waals surface area contributed by atoms with Gasteiger partial charge in [0, 0.05) is 12.1 Å². The van der Waals surface area contributed by atoms with Gasteiger partial charge in [0.1, 0.15) is 0 Å². The minimum Gasteiger partial charge on any atom is -0.504 e. The molecule has 3 aromatic rings. The van der Waals surface area contributed by atoms with Gasteiger partial charge in [0.2, 0.25) is 0 Å². The molecule has 8 nitrogen and oxygen atoms in total. The molecular formula is C27H27N3O5. The zero-order valence-electron chi connectivity index (χ0n) is 19.4. The van der Waals surface area contributed by atoms with Crippen LogP contribution in [0.15, 0.2) is 54.6 Å². The highest BCUT2D eigenvalue weighted by atomic mass is 16.5. The highest BCUT2D eigenvalue weighted by Crippen LogP contribution is 2.37. The zero-order valence-corrected chi connectivity index (χ0v) is 19.4. The fourth-order valence-electron chi connectivity index (χ4n) is 4.73. The van der Waals surface area contributed by atoms with Crippen LogP contribution in [0.4, 0.5) is 17.1 Å². The third kappa shape index (κ3) is 4.28. The first-order chi connectivity index (χ1) is 17.0. The summed E-state index contributed by atoms with van der Waals surface area (Å²) in [5.74, 6) is -0.0106. The maximum Gasteiger partial charge on any atom is 0.257 e. The van der Waals surface area contributed by atoms with E-state index in [1.165, 1.54) is 7.11 Å². The Balaban J connectivity index is 1.46. The number of aliphatic hydroxyl groups excluding tert-OH is 1. The Morgan fingerprint density at radius 3 is 2.60 bits per heavy atom. The van der Waals surface area contributed by atoms with Crippen molar-refractivity contribution in [2.75, 3.05) is 30.9 Å². The number of phenolic OH excluding ortho intramolecular Hbond substituents is 1. The van der Waals surface area contributed by atoms with Crippen LogP contribution >= 0.6 is 0 Å². The predicted molar refractivity (Wildman–Crippen MR) is 134 cm³/mol. The predicted octanol–water partition coefficient (Wildman–Crippen LogP) is 4.36. The smallest absolute Gasteiger partial charge is 0.257 e. The van der Waals surface area contributed by atoms with Crippen molar-refractivity contribution in [3.05, 3.63) is 65.7 Å². The van der Waals surface area contributed by atoms with Crippen LogP contribution in [0, 0.1) is 0 Å². The lowest BCUT2D eigenvalue weighted by molar-refractivity contribution is 0.0503. The van der Waals surface area contributed by atoms with Gasteiger partial charge in [-0.2, -0.15) is 0 Å². The number of likely N-dealkylation sites (tertiary alicyclic amines) is 1. The van der Waals surface area contributed by atoms with E-state index in [0.717, 1.165) is 30.4 Å². The summed E-state index contributed by atoms with van der Waals surface area (Å²) in [6, 6.07) is 15.6. The molecule has 3 aromatic carbocycles. The van der Waals surface area contributed by atoms with Crippen LogP contribution in [0.5, 0.6) is 11.5 Å². The van der Waals surface area contributed by atoms with E-state index in [1.54, 1.807) is 47.4 Å². The van der Waals surface area contributed by atoms with Crippen LogP contribution in [0.1, 0.15) is 40.0 Å². The highest BCUT2D eigenvalue weighted by molar-refractivity contribution is 6.13. The number of piperidine rings is 1. The topological polar surface area (TPSA) is 111 Å². The summed E-state index contributed by atoms with van der Waals surface area (Å²) in [5, 5.41) is 25.8. The molecule has 2 aliphatic heterocycles. The van der Waals surface area contributed by atoms with Crippen molar-refractivity contribution >= 4 is 28.9 Å². The van der Waals surface area contributed by atoms with Gasteiger partial charge in [-0.15, -0.1) is 0 Å². The molecule has 1 unspecified atom stereocenters. The zero-order chi connectivity index (χ0) is 24.5. The molecule has 0 spiro atoms. The molecule has 180 valence electrons. The first-order valence-electron chi connectivity index (χ1n) is 11.6. The van der Waals surface area contributed by atoms with Crippen molar-refractivity contribution in [2.45, 2.75) is 25.3 Å². The number of ether oxygens (including phenoxy) is 1. The molecule has 0 aliphatic carbocycles. The fourth-order valence-corrected chi connectivity index (χ4v) is 4.73.